The zero-order valence-corrected chi connectivity index (χ0v) is 11.1. The van der Waals surface area contributed by atoms with E-state index in [1.54, 1.807) is 4.90 Å². The van der Waals surface area contributed by atoms with Crippen LogP contribution in [0.5, 0.6) is 0 Å². The molecule has 1 aliphatic heterocycles. The molecule has 0 saturated carbocycles. The lowest BCUT2D eigenvalue weighted by Crippen LogP contribution is -2.45. The molecule has 0 aromatic carbocycles. The number of methoxy groups -OCH3 is 1. The Morgan fingerprint density at radius 1 is 1.65 bits per heavy atom. The Labute approximate surface area is 115 Å². The SMILES string of the molecule is COC(=O)N1CCCC(Nc2ncccc2[N+](=O)[O-])C1. The molecule has 0 radical (unpaired) electrons. The molecule has 0 spiro atoms. The average Bonchev–Trinajstić information content (AvgIpc) is 2.47. The van der Waals surface area contributed by atoms with Gasteiger partial charge in [0.15, 0.2) is 0 Å². The monoisotopic (exact) mass is 280 g/mol. The van der Waals surface area contributed by atoms with E-state index in [9.17, 15) is 14.9 Å². The average molecular weight is 280 g/mol. The molecule has 8 nitrogen and oxygen atoms in total. The first-order chi connectivity index (χ1) is 9.61. The predicted molar refractivity (Wildman–Crippen MR) is 71.5 cm³/mol. The largest absolute Gasteiger partial charge is 0.453 e. The second-order valence-electron chi connectivity index (χ2n) is 4.53. The Kier molecular flexibility index (Phi) is 4.34. The fraction of sp³-hybridized carbons (Fsp3) is 0.500. The molecule has 0 bridgehead atoms. The van der Waals surface area contributed by atoms with Gasteiger partial charge in [-0.15, -0.1) is 0 Å². The summed E-state index contributed by atoms with van der Waals surface area (Å²) >= 11 is 0. The molecule has 1 atom stereocenters. The third-order valence-corrected chi connectivity index (χ3v) is 3.18. The quantitative estimate of drug-likeness (QED) is 0.667. The fourth-order valence-electron chi connectivity index (χ4n) is 2.24. The third-order valence-electron chi connectivity index (χ3n) is 3.18. The van der Waals surface area contributed by atoms with Gasteiger partial charge in [0.05, 0.1) is 12.0 Å². The number of aromatic nitrogens is 1. The first kappa shape index (κ1) is 14.0. The zero-order chi connectivity index (χ0) is 14.5. The molecule has 2 heterocycles. The van der Waals surface area contributed by atoms with Crippen molar-refractivity contribution >= 4 is 17.6 Å². The van der Waals surface area contributed by atoms with Gasteiger partial charge in [-0.3, -0.25) is 10.1 Å². The second-order valence-corrected chi connectivity index (χ2v) is 4.53. The minimum atomic E-state index is -0.476. The van der Waals surface area contributed by atoms with Crippen molar-refractivity contribution in [2.75, 3.05) is 25.5 Å². The highest BCUT2D eigenvalue weighted by atomic mass is 16.6. The topological polar surface area (TPSA) is 97.6 Å². The van der Waals surface area contributed by atoms with Gasteiger partial charge in [-0.2, -0.15) is 0 Å². The lowest BCUT2D eigenvalue weighted by Gasteiger charge is -2.32. The highest BCUT2D eigenvalue weighted by molar-refractivity contribution is 5.67. The molecular formula is C12H16N4O4. The molecule has 108 valence electrons. The molecule has 1 aromatic rings. The van der Waals surface area contributed by atoms with E-state index in [0.717, 1.165) is 12.8 Å². The number of pyridine rings is 1. The van der Waals surface area contributed by atoms with Crippen molar-refractivity contribution in [3.8, 4) is 0 Å². The lowest BCUT2D eigenvalue weighted by atomic mass is 10.1. The van der Waals surface area contributed by atoms with E-state index in [1.165, 1.54) is 25.4 Å². The third kappa shape index (κ3) is 3.14. The maximum absolute atomic E-state index is 11.5. The van der Waals surface area contributed by atoms with Crippen LogP contribution in [-0.4, -0.2) is 47.1 Å². The Morgan fingerprint density at radius 3 is 3.15 bits per heavy atom. The Morgan fingerprint density at radius 2 is 2.45 bits per heavy atom. The van der Waals surface area contributed by atoms with E-state index in [4.69, 9.17) is 0 Å². The number of nitro groups is 1. The van der Waals surface area contributed by atoms with Gasteiger partial charge in [-0.1, -0.05) is 0 Å². The number of hydrogen-bond acceptors (Lipinski definition) is 6. The molecule has 1 fully saturated rings. The highest BCUT2D eigenvalue weighted by Crippen LogP contribution is 2.23. The smallest absolute Gasteiger partial charge is 0.409 e. The van der Waals surface area contributed by atoms with Crippen LogP contribution in [0.15, 0.2) is 18.3 Å². The van der Waals surface area contributed by atoms with Crippen LogP contribution in [-0.2, 0) is 4.74 Å². The molecule has 0 aliphatic carbocycles. The summed E-state index contributed by atoms with van der Waals surface area (Å²) in [7, 11) is 1.34. The van der Waals surface area contributed by atoms with Gasteiger partial charge in [0.25, 0.3) is 0 Å². The second kappa shape index (κ2) is 6.18. The molecule has 1 aromatic heterocycles. The summed E-state index contributed by atoms with van der Waals surface area (Å²) in [6.45, 7) is 1.08. The minimum Gasteiger partial charge on any atom is -0.453 e. The zero-order valence-electron chi connectivity index (χ0n) is 11.1. The predicted octanol–water partition coefficient (Wildman–Crippen LogP) is 1.63. The number of carbonyl (C=O) groups is 1. The van der Waals surface area contributed by atoms with Crippen LogP contribution >= 0.6 is 0 Å². The Bertz CT molecular complexity index is 508. The van der Waals surface area contributed by atoms with Gasteiger partial charge in [0.2, 0.25) is 5.82 Å². The fourth-order valence-corrected chi connectivity index (χ4v) is 2.24. The van der Waals surface area contributed by atoms with Crippen LogP contribution in [0.2, 0.25) is 0 Å². The minimum absolute atomic E-state index is 0.0670. The number of rotatable bonds is 3. The van der Waals surface area contributed by atoms with Crippen LogP contribution in [0.1, 0.15) is 12.8 Å². The molecule has 1 N–H and O–H groups in total. The van der Waals surface area contributed by atoms with Crippen LogP contribution in [0.3, 0.4) is 0 Å². The van der Waals surface area contributed by atoms with Crippen LogP contribution in [0.4, 0.5) is 16.3 Å². The highest BCUT2D eigenvalue weighted by Gasteiger charge is 2.26. The molecule has 1 aliphatic rings. The van der Waals surface area contributed by atoms with Crippen molar-refractivity contribution in [2.45, 2.75) is 18.9 Å². The number of likely N-dealkylation sites (tertiary alicyclic amines) is 1. The molecule has 8 heteroatoms. The lowest BCUT2D eigenvalue weighted by molar-refractivity contribution is -0.384. The number of nitrogens with zero attached hydrogens (tertiary/aromatic N) is 3. The van der Waals surface area contributed by atoms with E-state index >= 15 is 0 Å². The normalized spacial score (nSPS) is 18.4. The Balaban J connectivity index is 2.06. The summed E-state index contributed by atoms with van der Waals surface area (Å²) in [6.07, 6.45) is 2.75. The molecule has 20 heavy (non-hydrogen) atoms. The standard InChI is InChI=1S/C12H16N4O4/c1-20-12(17)15-7-3-4-9(8-15)14-11-10(16(18)19)5-2-6-13-11/h2,5-6,9H,3-4,7-8H2,1H3,(H,13,14). The van der Waals surface area contributed by atoms with Crippen molar-refractivity contribution < 1.29 is 14.5 Å². The van der Waals surface area contributed by atoms with Crippen molar-refractivity contribution in [3.63, 3.8) is 0 Å². The van der Waals surface area contributed by atoms with E-state index in [0.29, 0.717) is 13.1 Å². The maximum atomic E-state index is 11.5. The summed E-state index contributed by atoms with van der Waals surface area (Å²) in [5.41, 5.74) is -0.0670. The van der Waals surface area contributed by atoms with E-state index in [1.807, 2.05) is 0 Å². The van der Waals surface area contributed by atoms with Crippen LogP contribution in [0, 0.1) is 10.1 Å². The molecule has 1 amide bonds. The van der Waals surface area contributed by atoms with Gasteiger partial charge in [-0.05, 0) is 18.9 Å². The Hall–Kier alpha value is -2.38. The van der Waals surface area contributed by atoms with Crippen molar-refractivity contribution in [3.05, 3.63) is 28.4 Å². The van der Waals surface area contributed by atoms with Gasteiger partial charge in [0.1, 0.15) is 0 Å². The summed E-state index contributed by atoms with van der Waals surface area (Å²) in [5.74, 6) is 0.231. The van der Waals surface area contributed by atoms with Gasteiger partial charge in [0, 0.05) is 31.4 Å². The number of anilines is 1. The van der Waals surface area contributed by atoms with E-state index in [2.05, 4.69) is 15.0 Å². The number of piperidine rings is 1. The number of nitrogens with one attached hydrogen (secondary N) is 1. The number of hydrogen-bond donors (Lipinski definition) is 1. The molecular weight excluding hydrogens is 264 g/mol. The summed E-state index contributed by atoms with van der Waals surface area (Å²) in [5, 5.41) is 14.0. The first-order valence-electron chi connectivity index (χ1n) is 6.30. The van der Waals surface area contributed by atoms with Gasteiger partial charge >= 0.3 is 11.8 Å². The van der Waals surface area contributed by atoms with Crippen molar-refractivity contribution in [1.82, 2.24) is 9.88 Å². The van der Waals surface area contributed by atoms with Gasteiger partial charge < -0.3 is 15.0 Å². The number of ether oxygens (including phenoxy) is 1. The van der Waals surface area contributed by atoms with E-state index < -0.39 is 4.92 Å². The summed E-state index contributed by atoms with van der Waals surface area (Å²) < 4.78 is 4.69. The maximum Gasteiger partial charge on any atom is 0.409 e. The molecule has 1 unspecified atom stereocenters. The molecule has 1 saturated heterocycles. The van der Waals surface area contributed by atoms with Crippen LogP contribution < -0.4 is 5.32 Å². The van der Waals surface area contributed by atoms with E-state index in [-0.39, 0.29) is 23.6 Å². The van der Waals surface area contributed by atoms with Gasteiger partial charge in [-0.25, -0.2) is 9.78 Å². The van der Waals surface area contributed by atoms with Crippen molar-refractivity contribution in [1.29, 1.82) is 0 Å². The number of carbonyl (C=O) groups excluding carboxylic acids is 1. The van der Waals surface area contributed by atoms with Crippen LogP contribution in [0.25, 0.3) is 0 Å². The van der Waals surface area contributed by atoms with Crippen molar-refractivity contribution in [2.24, 2.45) is 0 Å². The first-order valence-corrected chi connectivity index (χ1v) is 6.30. The summed E-state index contributed by atoms with van der Waals surface area (Å²) in [6, 6.07) is 2.85. The summed E-state index contributed by atoms with van der Waals surface area (Å²) in [4.78, 5) is 27.5. The number of amides is 1. The molecule has 2 rings (SSSR count).